The van der Waals surface area contributed by atoms with E-state index in [2.05, 4.69) is 31.1 Å². The molecule has 1 aliphatic carbocycles. The summed E-state index contributed by atoms with van der Waals surface area (Å²) >= 11 is 0. The lowest BCUT2D eigenvalue weighted by atomic mass is 9.92. The molecule has 2 rings (SSSR count). The van der Waals surface area contributed by atoms with Crippen LogP contribution in [0.2, 0.25) is 0 Å². The molecule has 18 heavy (non-hydrogen) atoms. The van der Waals surface area contributed by atoms with Crippen LogP contribution in [0.5, 0.6) is 0 Å². The molecule has 1 aromatic rings. The smallest absolute Gasteiger partial charge is 0.0873 e. The van der Waals surface area contributed by atoms with Crippen molar-refractivity contribution in [2.75, 3.05) is 7.11 Å². The van der Waals surface area contributed by atoms with E-state index in [4.69, 9.17) is 4.74 Å². The summed E-state index contributed by atoms with van der Waals surface area (Å²) in [6, 6.07) is 8.16. The highest BCUT2D eigenvalue weighted by Crippen LogP contribution is 2.22. The van der Waals surface area contributed by atoms with Gasteiger partial charge in [0.25, 0.3) is 0 Å². The fourth-order valence-electron chi connectivity index (χ4n) is 2.13. The number of hydrogen-bond donors (Lipinski definition) is 0. The van der Waals surface area contributed by atoms with Gasteiger partial charge in [-0.1, -0.05) is 55.3 Å². The summed E-state index contributed by atoms with van der Waals surface area (Å²) in [6.07, 6.45) is 4.36. The maximum absolute atomic E-state index is 5.57. The minimum Gasteiger partial charge on any atom is -0.376 e. The maximum Gasteiger partial charge on any atom is 0.0873 e. The Balaban J connectivity index is 2.61. The predicted octanol–water partition coefficient (Wildman–Crippen LogP) is 3.28. The molecule has 1 heteroatoms. The summed E-state index contributed by atoms with van der Waals surface area (Å²) < 4.78 is 5.57. The fourth-order valence-corrected chi connectivity index (χ4v) is 2.13. The van der Waals surface area contributed by atoms with Crippen LogP contribution in [-0.2, 0) is 11.2 Å². The zero-order valence-electron chi connectivity index (χ0n) is 10.6. The molecule has 0 saturated heterocycles. The molecular formula is C17H16O. The third kappa shape index (κ3) is 2.30. The second-order valence-corrected chi connectivity index (χ2v) is 4.11. The van der Waals surface area contributed by atoms with Crippen molar-refractivity contribution in [1.82, 2.24) is 0 Å². The average Bonchev–Trinajstić information content (AvgIpc) is 2.40. The van der Waals surface area contributed by atoms with Gasteiger partial charge in [0.15, 0.2) is 0 Å². The van der Waals surface area contributed by atoms with E-state index in [0.29, 0.717) is 0 Å². The zero-order valence-corrected chi connectivity index (χ0v) is 10.6. The Hall–Kier alpha value is -2.04. The molecule has 1 nitrogen and oxygen atoms in total. The lowest BCUT2D eigenvalue weighted by molar-refractivity contribution is 0.134. The Kier molecular flexibility index (Phi) is 3.82. The van der Waals surface area contributed by atoms with Gasteiger partial charge >= 0.3 is 0 Å². The molecule has 0 N–H and O–H groups in total. The molecule has 0 aromatic heterocycles. The van der Waals surface area contributed by atoms with Crippen molar-refractivity contribution in [1.29, 1.82) is 0 Å². The minimum atomic E-state index is -0.0220. The van der Waals surface area contributed by atoms with Crippen molar-refractivity contribution < 1.29 is 4.74 Å². The van der Waals surface area contributed by atoms with Crippen molar-refractivity contribution in [2.45, 2.75) is 12.5 Å². The highest BCUT2D eigenvalue weighted by molar-refractivity contribution is 5.54. The van der Waals surface area contributed by atoms with E-state index in [9.17, 15) is 0 Å². The third-order valence-corrected chi connectivity index (χ3v) is 3.12. The first kappa shape index (κ1) is 12.4. The van der Waals surface area contributed by atoms with Crippen LogP contribution in [-0.4, -0.2) is 13.2 Å². The second-order valence-electron chi connectivity index (χ2n) is 4.11. The Morgan fingerprint density at radius 3 is 2.67 bits per heavy atom. The molecule has 0 fully saturated rings. The largest absolute Gasteiger partial charge is 0.376 e. The Morgan fingerprint density at radius 2 is 2.00 bits per heavy atom. The molecule has 0 bridgehead atoms. The van der Waals surface area contributed by atoms with E-state index in [1.54, 1.807) is 13.2 Å². The van der Waals surface area contributed by atoms with Crippen LogP contribution in [0, 0.1) is 11.8 Å². The number of benzene rings is 1. The summed E-state index contributed by atoms with van der Waals surface area (Å²) in [7, 11) is 1.71. The van der Waals surface area contributed by atoms with E-state index in [-0.39, 0.29) is 6.10 Å². The lowest BCUT2D eigenvalue weighted by Gasteiger charge is -2.20. The fraction of sp³-hybridized carbons (Fsp3) is 0.176. The van der Waals surface area contributed by atoms with Crippen molar-refractivity contribution in [2.24, 2.45) is 0 Å². The molecule has 0 radical (unpaired) electrons. The molecule has 1 unspecified atom stereocenters. The first-order chi connectivity index (χ1) is 8.80. The van der Waals surface area contributed by atoms with E-state index < -0.39 is 0 Å². The summed E-state index contributed by atoms with van der Waals surface area (Å²) in [5, 5.41) is 0. The predicted molar refractivity (Wildman–Crippen MR) is 75.2 cm³/mol. The van der Waals surface area contributed by atoms with Gasteiger partial charge in [0.1, 0.15) is 0 Å². The monoisotopic (exact) mass is 236 g/mol. The van der Waals surface area contributed by atoms with Crippen LogP contribution in [0.3, 0.4) is 0 Å². The van der Waals surface area contributed by atoms with Crippen molar-refractivity contribution in [3.63, 3.8) is 0 Å². The van der Waals surface area contributed by atoms with E-state index >= 15 is 0 Å². The molecule has 0 aliphatic heterocycles. The summed E-state index contributed by atoms with van der Waals surface area (Å²) in [5.74, 6) is 6.35. The van der Waals surface area contributed by atoms with Gasteiger partial charge in [-0.05, 0) is 17.2 Å². The first-order valence-electron chi connectivity index (χ1n) is 5.92. The molecule has 0 spiro atoms. The van der Waals surface area contributed by atoms with Crippen molar-refractivity contribution in [3.05, 3.63) is 71.8 Å². The number of hydrogen-bond acceptors (Lipinski definition) is 1. The van der Waals surface area contributed by atoms with Crippen LogP contribution < -0.4 is 0 Å². The third-order valence-electron chi connectivity index (χ3n) is 3.12. The van der Waals surface area contributed by atoms with Crippen LogP contribution in [0.1, 0.15) is 11.1 Å². The number of ether oxygens (including phenoxy) is 1. The van der Waals surface area contributed by atoms with Crippen LogP contribution >= 0.6 is 0 Å². The van der Waals surface area contributed by atoms with E-state index in [0.717, 1.165) is 23.1 Å². The SMILES string of the molecule is C=C/C1=C(\C=C)C(OC)Cc2ccccc2C#C1. The standard InChI is InChI=1S/C17H16O/c1-4-13-10-11-14-8-6-7-9-15(14)12-17(18-3)16(13)5-2/h4-9,17H,1-2,12H2,3H3/b16-13-. The normalized spacial score (nSPS) is 21.9. The molecule has 1 aliphatic rings. The number of methoxy groups -OCH3 is 1. The number of fused-ring (bicyclic) bond motifs is 1. The summed E-state index contributed by atoms with van der Waals surface area (Å²) in [6.45, 7) is 7.67. The molecular weight excluding hydrogens is 220 g/mol. The molecule has 0 heterocycles. The molecule has 0 amide bonds. The molecule has 0 saturated carbocycles. The van der Waals surface area contributed by atoms with Gasteiger partial charge in [-0.3, -0.25) is 0 Å². The Bertz CT molecular complexity index is 567. The maximum atomic E-state index is 5.57. The highest BCUT2D eigenvalue weighted by atomic mass is 16.5. The summed E-state index contributed by atoms with van der Waals surface area (Å²) in [5.41, 5.74) is 4.17. The zero-order chi connectivity index (χ0) is 13.0. The Labute approximate surface area is 108 Å². The van der Waals surface area contributed by atoms with Crippen molar-refractivity contribution >= 4 is 0 Å². The number of allylic oxidation sites excluding steroid dienone is 2. The van der Waals surface area contributed by atoms with Gasteiger partial charge in [0, 0.05) is 24.7 Å². The second kappa shape index (κ2) is 5.53. The first-order valence-corrected chi connectivity index (χ1v) is 5.92. The van der Waals surface area contributed by atoms with E-state index in [1.165, 1.54) is 5.56 Å². The Morgan fingerprint density at radius 1 is 1.22 bits per heavy atom. The quantitative estimate of drug-likeness (QED) is 0.732. The van der Waals surface area contributed by atoms with Gasteiger partial charge in [0.05, 0.1) is 6.10 Å². The van der Waals surface area contributed by atoms with Crippen LogP contribution in [0.15, 0.2) is 60.7 Å². The topological polar surface area (TPSA) is 9.23 Å². The van der Waals surface area contributed by atoms with E-state index in [1.807, 2.05) is 24.3 Å². The summed E-state index contributed by atoms with van der Waals surface area (Å²) in [4.78, 5) is 0. The van der Waals surface area contributed by atoms with Gasteiger partial charge in [0.2, 0.25) is 0 Å². The van der Waals surface area contributed by atoms with Gasteiger partial charge in [-0.25, -0.2) is 0 Å². The van der Waals surface area contributed by atoms with Crippen molar-refractivity contribution in [3.8, 4) is 11.8 Å². The highest BCUT2D eigenvalue weighted by Gasteiger charge is 2.17. The van der Waals surface area contributed by atoms with Gasteiger partial charge in [-0.2, -0.15) is 0 Å². The molecule has 1 aromatic carbocycles. The van der Waals surface area contributed by atoms with Gasteiger partial charge in [-0.15, -0.1) is 0 Å². The molecule has 90 valence electrons. The number of rotatable bonds is 3. The van der Waals surface area contributed by atoms with Crippen LogP contribution in [0.25, 0.3) is 0 Å². The van der Waals surface area contributed by atoms with Gasteiger partial charge < -0.3 is 4.74 Å². The molecule has 1 atom stereocenters. The lowest BCUT2D eigenvalue weighted by Crippen LogP contribution is -2.19. The average molecular weight is 236 g/mol. The van der Waals surface area contributed by atoms with Crippen LogP contribution in [0.4, 0.5) is 0 Å². The minimum absolute atomic E-state index is 0.0220.